The van der Waals surface area contributed by atoms with E-state index < -0.39 is 6.43 Å². The van der Waals surface area contributed by atoms with Crippen LogP contribution in [0.15, 0.2) is 10.7 Å². The largest absolute Gasteiger partial charge is 0.281 e. The normalized spacial score (nSPS) is 10.9. The summed E-state index contributed by atoms with van der Waals surface area (Å²) in [6, 6.07) is 0. The van der Waals surface area contributed by atoms with Crippen molar-refractivity contribution in [3.8, 4) is 0 Å². The second-order valence-corrected chi connectivity index (χ2v) is 4.71. The van der Waals surface area contributed by atoms with Gasteiger partial charge in [-0.15, -0.1) is 0 Å². The predicted octanol–water partition coefficient (Wildman–Crippen LogP) is 4.28. The molecule has 0 aromatic carbocycles. The van der Waals surface area contributed by atoms with Crippen molar-refractivity contribution in [3.63, 3.8) is 0 Å². The molecule has 1 rings (SSSR count). The molecule has 0 saturated carbocycles. The minimum absolute atomic E-state index is 0.154. The summed E-state index contributed by atoms with van der Waals surface area (Å²) < 4.78 is 26.0. The molecule has 0 unspecified atom stereocenters. The molecule has 1 heterocycles. The van der Waals surface area contributed by atoms with Gasteiger partial charge in [-0.25, -0.2) is 8.78 Å². The lowest BCUT2D eigenvalue weighted by Crippen LogP contribution is -1.99. The number of rotatable bonds is 2. The summed E-state index contributed by atoms with van der Waals surface area (Å²) in [6.45, 7) is 0. The highest BCUT2D eigenvalue weighted by Crippen LogP contribution is 2.30. The van der Waals surface area contributed by atoms with Crippen molar-refractivity contribution < 1.29 is 8.78 Å². The molecule has 0 saturated heterocycles. The Morgan fingerprint density at radius 3 is 2.62 bits per heavy atom. The number of halogens is 5. The fourth-order valence-corrected chi connectivity index (χ4v) is 3.94. The van der Waals surface area contributed by atoms with Crippen molar-refractivity contribution >= 4 is 54.5 Å². The predicted molar refractivity (Wildman–Crippen MR) is 62.2 cm³/mol. The maximum absolute atomic E-state index is 12.4. The van der Waals surface area contributed by atoms with Gasteiger partial charge in [0.25, 0.3) is 6.43 Å². The molecular formula is C7H4Br2F2IN. The van der Waals surface area contributed by atoms with E-state index in [1.54, 1.807) is 0 Å². The third-order valence-corrected chi connectivity index (χ3v) is 3.88. The summed E-state index contributed by atoms with van der Waals surface area (Å²) in [5.41, 5.74) is 0.657. The molecule has 0 amide bonds. The Kier molecular flexibility index (Phi) is 4.50. The van der Waals surface area contributed by atoms with E-state index in [2.05, 4.69) is 36.8 Å². The number of aromatic nitrogens is 1. The van der Waals surface area contributed by atoms with Crippen LogP contribution in [0, 0.1) is 3.57 Å². The van der Waals surface area contributed by atoms with E-state index in [4.69, 9.17) is 0 Å². The fourth-order valence-electron chi connectivity index (χ4n) is 0.795. The van der Waals surface area contributed by atoms with Gasteiger partial charge in [0, 0.05) is 19.6 Å². The first kappa shape index (κ1) is 11.8. The zero-order valence-electron chi connectivity index (χ0n) is 6.20. The molecule has 1 aromatic heterocycles. The zero-order chi connectivity index (χ0) is 10.0. The summed E-state index contributed by atoms with van der Waals surface area (Å²) in [5, 5.41) is 0.536. The fraction of sp³-hybridized carbons (Fsp3) is 0.286. The first-order chi connectivity index (χ1) is 6.07. The topological polar surface area (TPSA) is 12.9 Å². The molecule has 13 heavy (non-hydrogen) atoms. The molecule has 0 spiro atoms. The number of alkyl halides is 3. The molecule has 0 radical (unpaired) electrons. The van der Waals surface area contributed by atoms with Gasteiger partial charge < -0.3 is 0 Å². The summed E-state index contributed by atoms with van der Waals surface area (Å²) in [7, 11) is 0. The highest BCUT2D eigenvalue weighted by Gasteiger charge is 2.17. The lowest BCUT2D eigenvalue weighted by atomic mass is 10.2. The van der Waals surface area contributed by atoms with Gasteiger partial charge in [-0.1, -0.05) is 15.9 Å². The van der Waals surface area contributed by atoms with E-state index in [1.165, 1.54) is 6.20 Å². The maximum Gasteiger partial charge on any atom is 0.281 e. The second-order valence-electron chi connectivity index (χ2n) is 2.22. The molecular weight excluding hydrogens is 423 g/mol. The van der Waals surface area contributed by atoms with Gasteiger partial charge in [0.1, 0.15) is 5.69 Å². The van der Waals surface area contributed by atoms with Crippen molar-refractivity contribution in [2.75, 3.05) is 0 Å². The van der Waals surface area contributed by atoms with Crippen LogP contribution >= 0.6 is 54.5 Å². The van der Waals surface area contributed by atoms with Gasteiger partial charge in [0.2, 0.25) is 0 Å². The summed E-state index contributed by atoms with van der Waals surface area (Å²) in [4.78, 5) is 3.66. The molecule has 0 bridgehead atoms. The number of pyridine rings is 1. The minimum atomic E-state index is -2.52. The van der Waals surface area contributed by atoms with Crippen molar-refractivity contribution in [1.82, 2.24) is 4.98 Å². The van der Waals surface area contributed by atoms with Crippen LogP contribution < -0.4 is 0 Å². The molecule has 0 aliphatic rings. The summed E-state index contributed by atoms with van der Waals surface area (Å²) in [5.74, 6) is 0. The standard InChI is InChI=1S/C7H4Br2F2IN/c8-1-3-4(9)2-13-6(5(3)12)7(10)11/h2,7H,1H2. The zero-order valence-corrected chi connectivity index (χ0v) is 11.5. The summed E-state index contributed by atoms with van der Waals surface area (Å²) >= 11 is 8.36. The van der Waals surface area contributed by atoms with Gasteiger partial charge >= 0.3 is 0 Å². The Labute approximate surface area is 105 Å². The Hall–Kier alpha value is 0.700. The Balaban J connectivity index is 3.27. The number of nitrogens with zero attached hydrogens (tertiary/aromatic N) is 1. The van der Waals surface area contributed by atoms with Crippen LogP contribution in [0.1, 0.15) is 17.7 Å². The molecule has 0 fully saturated rings. The Bertz CT molecular complexity index is 320. The van der Waals surface area contributed by atoms with E-state index in [0.717, 1.165) is 10.0 Å². The van der Waals surface area contributed by atoms with Crippen LogP contribution in [0.5, 0.6) is 0 Å². The van der Waals surface area contributed by atoms with Crippen LogP contribution in [0.2, 0.25) is 0 Å². The first-order valence-corrected chi connectivity index (χ1v) is 6.24. The molecule has 0 aliphatic heterocycles. The molecule has 1 nitrogen and oxygen atoms in total. The summed E-state index contributed by atoms with van der Waals surface area (Å²) in [6.07, 6.45) is -1.11. The van der Waals surface area contributed by atoms with E-state index in [-0.39, 0.29) is 5.69 Å². The van der Waals surface area contributed by atoms with Crippen molar-refractivity contribution in [2.24, 2.45) is 0 Å². The minimum Gasteiger partial charge on any atom is -0.253 e. The van der Waals surface area contributed by atoms with E-state index in [0.29, 0.717) is 8.90 Å². The van der Waals surface area contributed by atoms with E-state index >= 15 is 0 Å². The first-order valence-electron chi connectivity index (χ1n) is 3.24. The van der Waals surface area contributed by atoms with Crippen LogP contribution in [-0.2, 0) is 5.33 Å². The average Bonchev–Trinajstić information content (AvgIpc) is 2.04. The van der Waals surface area contributed by atoms with Crippen molar-refractivity contribution in [2.45, 2.75) is 11.8 Å². The van der Waals surface area contributed by atoms with Crippen LogP contribution in [-0.4, -0.2) is 4.98 Å². The van der Waals surface area contributed by atoms with E-state index in [1.807, 2.05) is 22.6 Å². The average molecular weight is 427 g/mol. The van der Waals surface area contributed by atoms with Crippen LogP contribution in [0.4, 0.5) is 8.78 Å². The Morgan fingerprint density at radius 2 is 2.15 bits per heavy atom. The van der Waals surface area contributed by atoms with E-state index in [9.17, 15) is 8.78 Å². The second kappa shape index (κ2) is 4.97. The lowest BCUT2D eigenvalue weighted by Gasteiger charge is -2.07. The Morgan fingerprint density at radius 1 is 1.54 bits per heavy atom. The third kappa shape index (κ3) is 2.59. The van der Waals surface area contributed by atoms with Gasteiger partial charge in [-0.05, 0) is 44.1 Å². The molecule has 0 N–H and O–H groups in total. The highest BCUT2D eigenvalue weighted by molar-refractivity contribution is 14.1. The quantitative estimate of drug-likeness (QED) is 0.508. The SMILES string of the molecule is FC(F)c1ncc(Br)c(CBr)c1I. The van der Waals surface area contributed by atoms with Crippen molar-refractivity contribution in [1.29, 1.82) is 0 Å². The molecule has 0 atom stereocenters. The number of hydrogen-bond acceptors (Lipinski definition) is 1. The monoisotopic (exact) mass is 425 g/mol. The molecule has 0 aliphatic carbocycles. The van der Waals surface area contributed by atoms with Crippen LogP contribution in [0.3, 0.4) is 0 Å². The molecule has 1 aromatic rings. The van der Waals surface area contributed by atoms with Gasteiger partial charge in [0.05, 0.1) is 0 Å². The molecule has 72 valence electrons. The smallest absolute Gasteiger partial charge is 0.253 e. The highest BCUT2D eigenvalue weighted by atomic mass is 127. The van der Waals surface area contributed by atoms with Gasteiger partial charge in [0.15, 0.2) is 0 Å². The van der Waals surface area contributed by atoms with Crippen LogP contribution in [0.25, 0.3) is 0 Å². The lowest BCUT2D eigenvalue weighted by molar-refractivity contribution is 0.145. The molecule has 6 heteroatoms. The van der Waals surface area contributed by atoms with Crippen molar-refractivity contribution in [3.05, 3.63) is 25.5 Å². The van der Waals surface area contributed by atoms with Gasteiger partial charge in [-0.3, -0.25) is 4.98 Å². The number of hydrogen-bond donors (Lipinski definition) is 0. The van der Waals surface area contributed by atoms with Gasteiger partial charge in [-0.2, -0.15) is 0 Å². The third-order valence-electron chi connectivity index (χ3n) is 1.44. The maximum atomic E-state index is 12.4.